The second-order valence-corrected chi connectivity index (χ2v) is 5.47. The number of aryl methyl sites for hydroxylation is 1. The van der Waals surface area contributed by atoms with Gasteiger partial charge in [-0.2, -0.15) is 11.3 Å². The van der Waals surface area contributed by atoms with E-state index in [9.17, 15) is 0 Å². The molecule has 84 valence electrons. The average molecular weight is 223 g/mol. The van der Waals surface area contributed by atoms with Crippen molar-refractivity contribution < 1.29 is 0 Å². The van der Waals surface area contributed by atoms with Crippen LogP contribution in [-0.2, 0) is 6.42 Å². The molecule has 1 aromatic rings. The third-order valence-electron chi connectivity index (χ3n) is 3.53. The van der Waals surface area contributed by atoms with E-state index in [1.807, 2.05) is 11.3 Å². The Bertz CT molecular complexity index is 273. The highest BCUT2D eigenvalue weighted by atomic mass is 32.1. The summed E-state index contributed by atoms with van der Waals surface area (Å²) in [5.74, 6) is 0. The Kier molecular flexibility index (Phi) is 3.81. The van der Waals surface area contributed by atoms with Crippen molar-refractivity contribution in [2.45, 2.75) is 51.0 Å². The van der Waals surface area contributed by atoms with Crippen molar-refractivity contribution in [3.05, 3.63) is 22.4 Å². The van der Waals surface area contributed by atoms with E-state index in [-0.39, 0.29) is 0 Å². The van der Waals surface area contributed by atoms with Crippen molar-refractivity contribution in [2.24, 2.45) is 0 Å². The van der Waals surface area contributed by atoms with Crippen LogP contribution in [0.3, 0.4) is 0 Å². The molecule has 0 radical (unpaired) electrons. The van der Waals surface area contributed by atoms with Crippen molar-refractivity contribution in [2.75, 3.05) is 6.54 Å². The largest absolute Gasteiger partial charge is 0.311 e. The van der Waals surface area contributed by atoms with Gasteiger partial charge in [-0.25, -0.2) is 0 Å². The predicted molar refractivity (Wildman–Crippen MR) is 67.5 cm³/mol. The third kappa shape index (κ3) is 2.82. The minimum atomic E-state index is 0.469. The Morgan fingerprint density at radius 1 is 1.47 bits per heavy atom. The molecule has 1 aromatic heterocycles. The van der Waals surface area contributed by atoms with Crippen LogP contribution >= 0.6 is 11.3 Å². The van der Waals surface area contributed by atoms with E-state index >= 15 is 0 Å². The first-order valence-corrected chi connectivity index (χ1v) is 7.05. The van der Waals surface area contributed by atoms with Gasteiger partial charge in [0.1, 0.15) is 0 Å². The van der Waals surface area contributed by atoms with Crippen LogP contribution in [0.4, 0.5) is 0 Å². The number of rotatable bonds is 5. The van der Waals surface area contributed by atoms with Gasteiger partial charge in [0.2, 0.25) is 0 Å². The molecule has 0 bridgehead atoms. The number of hydrogen-bond acceptors (Lipinski definition) is 2. The summed E-state index contributed by atoms with van der Waals surface area (Å²) < 4.78 is 0. The zero-order valence-electron chi connectivity index (χ0n) is 9.59. The molecule has 0 amide bonds. The smallest absolute Gasteiger partial charge is 0.0185 e. The van der Waals surface area contributed by atoms with Gasteiger partial charge in [0.25, 0.3) is 0 Å². The van der Waals surface area contributed by atoms with Crippen LogP contribution in [0, 0.1) is 0 Å². The Hall–Kier alpha value is -0.340. The van der Waals surface area contributed by atoms with Gasteiger partial charge in [0.05, 0.1) is 0 Å². The van der Waals surface area contributed by atoms with Crippen LogP contribution < -0.4 is 5.32 Å². The maximum Gasteiger partial charge on any atom is 0.0185 e. The van der Waals surface area contributed by atoms with Crippen molar-refractivity contribution >= 4 is 11.3 Å². The highest BCUT2D eigenvalue weighted by molar-refractivity contribution is 7.07. The quantitative estimate of drug-likeness (QED) is 0.804. The summed E-state index contributed by atoms with van der Waals surface area (Å²) in [4.78, 5) is 0. The molecule has 1 N–H and O–H groups in total. The van der Waals surface area contributed by atoms with Crippen LogP contribution in [0.2, 0.25) is 0 Å². The fraction of sp³-hybridized carbons (Fsp3) is 0.692. The second kappa shape index (κ2) is 5.13. The van der Waals surface area contributed by atoms with E-state index in [2.05, 4.69) is 29.1 Å². The summed E-state index contributed by atoms with van der Waals surface area (Å²) in [6.45, 7) is 3.52. The van der Waals surface area contributed by atoms with Crippen molar-refractivity contribution in [1.82, 2.24) is 5.32 Å². The number of nitrogens with one attached hydrogen (secondary N) is 1. The Morgan fingerprint density at radius 3 is 3.00 bits per heavy atom. The molecule has 1 saturated heterocycles. The molecule has 1 atom stereocenters. The van der Waals surface area contributed by atoms with E-state index in [1.165, 1.54) is 50.6 Å². The fourth-order valence-electron chi connectivity index (χ4n) is 2.72. The molecule has 1 aliphatic heterocycles. The summed E-state index contributed by atoms with van der Waals surface area (Å²) in [6, 6.07) is 2.26. The standard InChI is InChI=1S/C13H21NS/c1-2-6-13(7-3-9-14-13)8-4-12-5-10-15-11-12/h5,10-11,14H,2-4,6-9H2,1H3. The summed E-state index contributed by atoms with van der Waals surface area (Å²) in [7, 11) is 0. The average Bonchev–Trinajstić information content (AvgIpc) is 2.85. The van der Waals surface area contributed by atoms with Crippen molar-refractivity contribution in [1.29, 1.82) is 0 Å². The SMILES string of the molecule is CCCC1(CCc2ccsc2)CCCN1. The molecule has 0 saturated carbocycles. The lowest BCUT2D eigenvalue weighted by molar-refractivity contribution is 0.320. The molecule has 0 aliphatic carbocycles. The van der Waals surface area contributed by atoms with E-state index in [0.29, 0.717) is 5.54 Å². The molecule has 0 spiro atoms. The Balaban J connectivity index is 1.89. The van der Waals surface area contributed by atoms with Gasteiger partial charge in [0.15, 0.2) is 0 Å². The van der Waals surface area contributed by atoms with Gasteiger partial charge in [-0.15, -0.1) is 0 Å². The topological polar surface area (TPSA) is 12.0 Å². The van der Waals surface area contributed by atoms with Crippen molar-refractivity contribution in [3.63, 3.8) is 0 Å². The van der Waals surface area contributed by atoms with Crippen LogP contribution in [0.1, 0.15) is 44.6 Å². The molecular weight excluding hydrogens is 202 g/mol. The first-order chi connectivity index (χ1) is 7.35. The fourth-order valence-corrected chi connectivity index (χ4v) is 3.42. The van der Waals surface area contributed by atoms with Crippen molar-refractivity contribution in [3.8, 4) is 0 Å². The lowest BCUT2D eigenvalue weighted by Gasteiger charge is -2.29. The van der Waals surface area contributed by atoms with E-state index in [0.717, 1.165) is 0 Å². The molecule has 2 heterocycles. The van der Waals surface area contributed by atoms with E-state index in [1.54, 1.807) is 0 Å². The minimum absolute atomic E-state index is 0.469. The highest BCUT2D eigenvalue weighted by Crippen LogP contribution is 2.29. The zero-order chi connectivity index (χ0) is 10.6. The maximum atomic E-state index is 3.74. The Labute approximate surface area is 96.9 Å². The second-order valence-electron chi connectivity index (χ2n) is 4.69. The lowest BCUT2D eigenvalue weighted by atomic mass is 9.86. The molecule has 2 heteroatoms. The van der Waals surface area contributed by atoms with Gasteiger partial charge in [0, 0.05) is 5.54 Å². The molecule has 1 unspecified atom stereocenters. The van der Waals surface area contributed by atoms with Crippen LogP contribution in [0.15, 0.2) is 16.8 Å². The Morgan fingerprint density at radius 2 is 2.40 bits per heavy atom. The zero-order valence-corrected chi connectivity index (χ0v) is 10.4. The summed E-state index contributed by atoms with van der Waals surface area (Å²) >= 11 is 1.81. The summed E-state index contributed by atoms with van der Waals surface area (Å²) in [5.41, 5.74) is 1.99. The van der Waals surface area contributed by atoms with E-state index < -0.39 is 0 Å². The van der Waals surface area contributed by atoms with Gasteiger partial charge in [-0.05, 0) is 61.0 Å². The van der Waals surface area contributed by atoms with E-state index in [4.69, 9.17) is 0 Å². The number of hydrogen-bond donors (Lipinski definition) is 1. The molecular formula is C13H21NS. The first-order valence-electron chi connectivity index (χ1n) is 6.11. The summed E-state index contributed by atoms with van der Waals surface area (Å²) in [5, 5.41) is 8.21. The first kappa shape index (κ1) is 11.2. The van der Waals surface area contributed by atoms with Crippen LogP contribution in [-0.4, -0.2) is 12.1 Å². The number of thiophene rings is 1. The van der Waals surface area contributed by atoms with Gasteiger partial charge in [-0.1, -0.05) is 13.3 Å². The molecule has 1 fully saturated rings. The predicted octanol–water partition coefficient (Wildman–Crippen LogP) is 3.60. The molecule has 2 rings (SSSR count). The van der Waals surface area contributed by atoms with Gasteiger partial charge < -0.3 is 5.32 Å². The highest BCUT2D eigenvalue weighted by Gasteiger charge is 2.31. The van der Waals surface area contributed by atoms with Crippen LogP contribution in [0.5, 0.6) is 0 Å². The van der Waals surface area contributed by atoms with Gasteiger partial charge >= 0.3 is 0 Å². The molecule has 0 aromatic carbocycles. The summed E-state index contributed by atoms with van der Waals surface area (Å²) in [6.07, 6.45) is 7.95. The normalized spacial score (nSPS) is 25.9. The molecule has 1 aliphatic rings. The maximum absolute atomic E-state index is 3.74. The third-order valence-corrected chi connectivity index (χ3v) is 4.27. The van der Waals surface area contributed by atoms with Crippen LogP contribution in [0.25, 0.3) is 0 Å². The monoisotopic (exact) mass is 223 g/mol. The van der Waals surface area contributed by atoms with Gasteiger partial charge in [-0.3, -0.25) is 0 Å². The lowest BCUT2D eigenvalue weighted by Crippen LogP contribution is -2.39. The molecule has 1 nitrogen and oxygen atoms in total. The molecule has 15 heavy (non-hydrogen) atoms. The minimum Gasteiger partial charge on any atom is -0.311 e.